The van der Waals surface area contributed by atoms with E-state index in [0.29, 0.717) is 0 Å². The Morgan fingerprint density at radius 2 is 1.93 bits per heavy atom. The van der Waals surface area contributed by atoms with E-state index < -0.39 is 24.3 Å². The second-order valence-electron chi connectivity index (χ2n) is 5.49. The molecule has 0 aromatic carbocycles. The Balaban J connectivity index is 2.83. The summed E-state index contributed by atoms with van der Waals surface area (Å²) in [7, 11) is 0. The molecule has 1 aliphatic heterocycles. The maximum atomic E-state index is 13.7. The van der Waals surface area contributed by atoms with Gasteiger partial charge in [-0.05, 0) is 5.41 Å². The summed E-state index contributed by atoms with van der Waals surface area (Å²) in [5.41, 5.74) is 5.25. The molecular weight excluding hydrogens is 197 g/mol. The monoisotopic (exact) mass is 219 g/mol. The summed E-state index contributed by atoms with van der Waals surface area (Å²) in [4.78, 5) is 0. The summed E-state index contributed by atoms with van der Waals surface area (Å²) < 4.78 is 19.2. The van der Waals surface area contributed by atoms with Gasteiger partial charge in [-0.3, -0.25) is 0 Å². The van der Waals surface area contributed by atoms with Gasteiger partial charge in [0.1, 0.15) is 12.3 Å². The SMILES string of the molecule is C[C@@H]1[C@@H](O)[C@H](C(C)(C)C)O[C@H](CN)[C@H]1F. The third-order valence-electron chi connectivity index (χ3n) is 3.11. The molecule has 0 aromatic rings. The highest BCUT2D eigenvalue weighted by molar-refractivity contribution is 4.94. The maximum Gasteiger partial charge on any atom is 0.132 e. The van der Waals surface area contributed by atoms with Crippen molar-refractivity contribution in [3.8, 4) is 0 Å². The highest BCUT2D eigenvalue weighted by atomic mass is 19.1. The minimum Gasteiger partial charge on any atom is -0.390 e. The number of ether oxygens (including phenoxy) is 1. The number of nitrogens with two attached hydrogens (primary N) is 1. The van der Waals surface area contributed by atoms with Crippen LogP contribution in [-0.2, 0) is 4.74 Å². The first-order valence-electron chi connectivity index (χ1n) is 5.46. The van der Waals surface area contributed by atoms with Gasteiger partial charge in [-0.2, -0.15) is 0 Å². The zero-order valence-electron chi connectivity index (χ0n) is 9.90. The van der Waals surface area contributed by atoms with Crippen LogP contribution in [0, 0.1) is 11.3 Å². The Labute approximate surface area is 90.8 Å². The highest BCUT2D eigenvalue weighted by Crippen LogP contribution is 2.36. The predicted molar refractivity (Wildman–Crippen MR) is 57.2 cm³/mol. The molecular formula is C11H22FNO2. The number of aliphatic hydroxyl groups is 1. The second-order valence-corrected chi connectivity index (χ2v) is 5.49. The van der Waals surface area contributed by atoms with Crippen molar-refractivity contribution in [1.29, 1.82) is 0 Å². The summed E-state index contributed by atoms with van der Waals surface area (Å²) in [6.07, 6.45) is -2.88. The fraction of sp³-hybridized carbons (Fsp3) is 1.00. The molecule has 1 saturated heterocycles. The molecule has 1 rings (SSSR count). The van der Waals surface area contributed by atoms with Gasteiger partial charge in [-0.25, -0.2) is 4.39 Å². The smallest absolute Gasteiger partial charge is 0.132 e. The number of alkyl halides is 1. The molecule has 0 spiro atoms. The molecule has 15 heavy (non-hydrogen) atoms. The minimum atomic E-state index is -1.18. The van der Waals surface area contributed by atoms with E-state index in [0.717, 1.165) is 0 Å². The number of hydrogen-bond acceptors (Lipinski definition) is 3. The van der Waals surface area contributed by atoms with Crippen molar-refractivity contribution in [2.75, 3.05) is 6.54 Å². The van der Waals surface area contributed by atoms with Gasteiger partial charge in [-0.15, -0.1) is 0 Å². The Bertz CT molecular complexity index is 215. The Hall–Kier alpha value is -0.190. The van der Waals surface area contributed by atoms with E-state index in [2.05, 4.69) is 0 Å². The number of halogens is 1. The highest BCUT2D eigenvalue weighted by Gasteiger charge is 2.46. The van der Waals surface area contributed by atoms with Crippen LogP contribution in [-0.4, -0.2) is 36.1 Å². The van der Waals surface area contributed by atoms with Gasteiger partial charge >= 0.3 is 0 Å². The van der Waals surface area contributed by atoms with Crippen LogP contribution in [0.1, 0.15) is 27.7 Å². The first kappa shape index (κ1) is 12.9. The van der Waals surface area contributed by atoms with Gasteiger partial charge in [0.05, 0.1) is 12.2 Å². The van der Waals surface area contributed by atoms with Gasteiger partial charge in [0.25, 0.3) is 0 Å². The molecule has 90 valence electrons. The lowest BCUT2D eigenvalue weighted by molar-refractivity contribution is -0.203. The number of rotatable bonds is 1. The first-order valence-corrected chi connectivity index (χ1v) is 5.46. The average molecular weight is 219 g/mol. The quantitative estimate of drug-likeness (QED) is 0.694. The average Bonchev–Trinajstić information content (AvgIpc) is 2.13. The van der Waals surface area contributed by atoms with Gasteiger partial charge < -0.3 is 15.6 Å². The lowest BCUT2D eigenvalue weighted by Gasteiger charge is -2.45. The normalized spacial score (nSPS) is 43.0. The summed E-state index contributed by atoms with van der Waals surface area (Å²) in [5.74, 6) is -0.420. The maximum absolute atomic E-state index is 13.7. The van der Waals surface area contributed by atoms with Crippen molar-refractivity contribution in [3.05, 3.63) is 0 Å². The molecule has 0 amide bonds. The van der Waals surface area contributed by atoms with E-state index in [1.807, 2.05) is 20.8 Å². The van der Waals surface area contributed by atoms with E-state index in [1.165, 1.54) is 0 Å². The third kappa shape index (κ3) is 2.49. The van der Waals surface area contributed by atoms with Crippen molar-refractivity contribution in [2.24, 2.45) is 17.1 Å². The van der Waals surface area contributed by atoms with E-state index in [1.54, 1.807) is 6.92 Å². The van der Waals surface area contributed by atoms with Crippen LogP contribution in [0.3, 0.4) is 0 Å². The summed E-state index contributed by atoms with van der Waals surface area (Å²) in [6, 6.07) is 0. The van der Waals surface area contributed by atoms with Gasteiger partial charge in [0.15, 0.2) is 0 Å². The van der Waals surface area contributed by atoms with Crippen LogP contribution >= 0.6 is 0 Å². The Kier molecular flexibility index (Phi) is 3.74. The molecule has 5 atom stereocenters. The van der Waals surface area contributed by atoms with E-state index in [9.17, 15) is 9.50 Å². The van der Waals surface area contributed by atoms with Crippen LogP contribution in [0.4, 0.5) is 4.39 Å². The van der Waals surface area contributed by atoms with E-state index >= 15 is 0 Å². The molecule has 0 radical (unpaired) electrons. The Morgan fingerprint density at radius 3 is 2.33 bits per heavy atom. The van der Waals surface area contributed by atoms with Crippen LogP contribution in [0.5, 0.6) is 0 Å². The fourth-order valence-electron chi connectivity index (χ4n) is 2.05. The molecule has 3 N–H and O–H groups in total. The molecule has 0 aliphatic carbocycles. The lowest BCUT2D eigenvalue weighted by atomic mass is 9.77. The van der Waals surface area contributed by atoms with Crippen molar-refractivity contribution < 1.29 is 14.2 Å². The molecule has 3 nitrogen and oxygen atoms in total. The molecule has 0 saturated carbocycles. The van der Waals surface area contributed by atoms with Crippen molar-refractivity contribution >= 4 is 0 Å². The summed E-state index contributed by atoms with van der Waals surface area (Å²) >= 11 is 0. The molecule has 1 heterocycles. The zero-order valence-corrected chi connectivity index (χ0v) is 9.90. The molecule has 0 bridgehead atoms. The van der Waals surface area contributed by atoms with Crippen LogP contribution in [0.15, 0.2) is 0 Å². The van der Waals surface area contributed by atoms with Crippen LogP contribution in [0.25, 0.3) is 0 Å². The number of aliphatic hydroxyl groups excluding tert-OH is 1. The Morgan fingerprint density at radius 1 is 1.40 bits per heavy atom. The molecule has 1 fully saturated rings. The van der Waals surface area contributed by atoms with E-state index in [-0.39, 0.29) is 18.1 Å². The largest absolute Gasteiger partial charge is 0.390 e. The topological polar surface area (TPSA) is 55.5 Å². The molecule has 0 aromatic heterocycles. The van der Waals surface area contributed by atoms with Gasteiger partial charge in [0.2, 0.25) is 0 Å². The van der Waals surface area contributed by atoms with Crippen LogP contribution < -0.4 is 5.73 Å². The van der Waals surface area contributed by atoms with Crippen molar-refractivity contribution in [2.45, 2.75) is 52.2 Å². The van der Waals surface area contributed by atoms with Crippen molar-refractivity contribution in [1.82, 2.24) is 0 Å². The van der Waals surface area contributed by atoms with Crippen LogP contribution in [0.2, 0.25) is 0 Å². The minimum absolute atomic E-state index is 0.158. The second kappa shape index (κ2) is 4.36. The zero-order chi connectivity index (χ0) is 11.8. The van der Waals surface area contributed by atoms with E-state index in [4.69, 9.17) is 10.5 Å². The fourth-order valence-corrected chi connectivity index (χ4v) is 2.05. The van der Waals surface area contributed by atoms with Crippen molar-refractivity contribution in [3.63, 3.8) is 0 Å². The third-order valence-corrected chi connectivity index (χ3v) is 3.11. The van der Waals surface area contributed by atoms with Gasteiger partial charge in [-0.1, -0.05) is 27.7 Å². The first-order chi connectivity index (χ1) is 6.79. The summed E-state index contributed by atoms with van der Waals surface area (Å²) in [6.45, 7) is 7.78. The predicted octanol–water partition coefficient (Wildman–Crippen LogP) is 1.09. The summed E-state index contributed by atoms with van der Waals surface area (Å²) in [5, 5.41) is 9.95. The lowest BCUT2D eigenvalue weighted by Crippen LogP contribution is -2.57. The number of hydrogen-bond donors (Lipinski definition) is 2. The van der Waals surface area contributed by atoms with Gasteiger partial charge in [0, 0.05) is 12.5 Å². The molecule has 0 unspecified atom stereocenters. The standard InChI is InChI=1S/C11H22FNO2/c1-6-8(12)7(5-13)15-10(9(6)14)11(2,3)4/h6-10,14H,5,13H2,1-4H3/t6-,7+,8-,9+,10+/m0/s1. The molecule has 4 heteroatoms. The molecule has 1 aliphatic rings.